The molecule has 0 atom stereocenters. The second-order valence-electron chi connectivity index (χ2n) is 6.22. The Morgan fingerprint density at radius 3 is 2.62 bits per heavy atom. The summed E-state index contributed by atoms with van der Waals surface area (Å²) in [6.45, 7) is 7.50. The van der Waals surface area contributed by atoms with Gasteiger partial charge in [-0.3, -0.25) is 4.90 Å². The summed E-state index contributed by atoms with van der Waals surface area (Å²) in [6, 6.07) is 11.9. The van der Waals surface area contributed by atoms with Crippen LogP contribution in [0.4, 0.5) is 0 Å². The summed E-state index contributed by atoms with van der Waals surface area (Å²) >= 11 is 6.07. The lowest BCUT2D eigenvalue weighted by molar-refractivity contribution is 0.158. The van der Waals surface area contributed by atoms with Crippen molar-refractivity contribution >= 4 is 11.6 Å². The summed E-state index contributed by atoms with van der Waals surface area (Å²) in [4.78, 5) is 2.34. The van der Waals surface area contributed by atoms with Gasteiger partial charge in [0.15, 0.2) is 0 Å². The third-order valence-corrected chi connectivity index (χ3v) is 3.69. The lowest BCUT2D eigenvalue weighted by atomic mass is 9.93. The van der Waals surface area contributed by atoms with E-state index in [1.165, 1.54) is 5.56 Å². The van der Waals surface area contributed by atoms with Gasteiger partial charge in [0.05, 0.1) is 12.8 Å². The minimum atomic E-state index is 0.0607. The van der Waals surface area contributed by atoms with Crippen LogP contribution in [0.2, 0.25) is 5.02 Å². The number of benzene rings is 1. The Morgan fingerprint density at radius 1 is 1.19 bits per heavy atom. The number of hydrogen-bond acceptors (Lipinski definition) is 3. The fourth-order valence-corrected chi connectivity index (χ4v) is 2.57. The third-order valence-electron chi connectivity index (χ3n) is 3.46. The zero-order chi connectivity index (χ0) is 15.3. The van der Waals surface area contributed by atoms with E-state index in [0.717, 1.165) is 30.4 Å². The molecular weight excluding hydrogens is 284 g/mol. The van der Waals surface area contributed by atoms with Gasteiger partial charge in [0.1, 0.15) is 5.76 Å². The zero-order valence-electron chi connectivity index (χ0n) is 12.7. The fraction of sp³-hybridized carbons (Fsp3) is 0.412. The van der Waals surface area contributed by atoms with Crippen molar-refractivity contribution in [1.82, 2.24) is 4.90 Å². The summed E-state index contributed by atoms with van der Waals surface area (Å²) in [5.74, 6) is 0.963. The average Bonchev–Trinajstić information content (AvgIpc) is 2.91. The fourth-order valence-electron chi connectivity index (χ4n) is 2.35. The van der Waals surface area contributed by atoms with Gasteiger partial charge in [-0.05, 0) is 41.8 Å². The molecular formula is C17H23ClN2O. The van der Waals surface area contributed by atoms with Gasteiger partial charge in [0, 0.05) is 18.1 Å². The number of nitrogens with zero attached hydrogens (tertiary/aromatic N) is 1. The molecule has 0 aliphatic rings. The molecule has 114 valence electrons. The minimum Gasteiger partial charge on any atom is -0.468 e. The molecule has 21 heavy (non-hydrogen) atoms. The predicted octanol–water partition coefficient (Wildman–Crippen LogP) is 3.92. The molecule has 1 aromatic heterocycles. The maximum Gasteiger partial charge on any atom is 0.117 e. The van der Waals surface area contributed by atoms with E-state index in [1.807, 2.05) is 30.3 Å². The van der Waals surface area contributed by atoms with Crippen LogP contribution in [0, 0.1) is 5.41 Å². The van der Waals surface area contributed by atoms with Crippen LogP contribution in [0.1, 0.15) is 25.2 Å². The predicted molar refractivity (Wildman–Crippen MR) is 87.1 cm³/mol. The maximum atomic E-state index is 6.07. The van der Waals surface area contributed by atoms with E-state index in [1.54, 1.807) is 6.26 Å². The van der Waals surface area contributed by atoms with Gasteiger partial charge < -0.3 is 10.2 Å². The molecule has 1 heterocycles. The van der Waals surface area contributed by atoms with Crippen LogP contribution >= 0.6 is 11.6 Å². The molecule has 0 saturated carbocycles. The molecule has 0 bridgehead atoms. The topological polar surface area (TPSA) is 42.4 Å². The number of hydrogen-bond donors (Lipinski definition) is 1. The summed E-state index contributed by atoms with van der Waals surface area (Å²) in [6.07, 6.45) is 1.71. The number of furan rings is 1. The Kier molecular flexibility index (Phi) is 5.45. The molecule has 1 aromatic carbocycles. The van der Waals surface area contributed by atoms with E-state index in [0.29, 0.717) is 6.54 Å². The first-order chi connectivity index (χ1) is 9.98. The number of nitrogens with two attached hydrogens (primary N) is 1. The smallest absolute Gasteiger partial charge is 0.117 e. The standard InChI is InChI=1S/C17H23ClN2O/c1-17(2,12-19)13-20(11-16-7-4-8-21-16)10-14-5-3-6-15(18)9-14/h3-9H,10-13,19H2,1-2H3. The Hall–Kier alpha value is -1.29. The molecule has 0 saturated heterocycles. The van der Waals surface area contributed by atoms with E-state index >= 15 is 0 Å². The largest absolute Gasteiger partial charge is 0.468 e. The lowest BCUT2D eigenvalue weighted by Crippen LogP contribution is -2.38. The van der Waals surface area contributed by atoms with Crippen LogP contribution in [0.25, 0.3) is 0 Å². The molecule has 0 aliphatic carbocycles. The molecule has 2 N–H and O–H groups in total. The first-order valence-electron chi connectivity index (χ1n) is 7.18. The summed E-state index contributed by atoms with van der Waals surface area (Å²) in [5, 5.41) is 0.767. The molecule has 0 spiro atoms. The van der Waals surface area contributed by atoms with Gasteiger partial charge in [0.2, 0.25) is 0 Å². The van der Waals surface area contributed by atoms with Crippen LogP contribution in [-0.2, 0) is 13.1 Å². The van der Waals surface area contributed by atoms with E-state index < -0.39 is 0 Å². The lowest BCUT2D eigenvalue weighted by Gasteiger charge is -2.31. The summed E-state index contributed by atoms with van der Waals surface area (Å²) in [5.41, 5.74) is 7.13. The quantitative estimate of drug-likeness (QED) is 0.843. The van der Waals surface area contributed by atoms with Crippen LogP contribution in [0.5, 0.6) is 0 Å². The molecule has 0 amide bonds. The van der Waals surface area contributed by atoms with Crippen molar-refractivity contribution in [2.75, 3.05) is 13.1 Å². The highest BCUT2D eigenvalue weighted by Crippen LogP contribution is 2.20. The van der Waals surface area contributed by atoms with Gasteiger partial charge in [-0.2, -0.15) is 0 Å². The highest BCUT2D eigenvalue weighted by Gasteiger charge is 2.21. The number of halogens is 1. The normalized spacial score (nSPS) is 12.0. The second kappa shape index (κ2) is 7.12. The molecule has 0 aliphatic heterocycles. The average molecular weight is 307 g/mol. The molecule has 2 aromatic rings. The summed E-state index contributed by atoms with van der Waals surface area (Å²) < 4.78 is 5.47. The van der Waals surface area contributed by atoms with Gasteiger partial charge in [-0.1, -0.05) is 37.6 Å². The van der Waals surface area contributed by atoms with Crippen molar-refractivity contribution in [2.24, 2.45) is 11.1 Å². The van der Waals surface area contributed by atoms with Crippen molar-refractivity contribution < 1.29 is 4.42 Å². The molecule has 2 rings (SSSR count). The van der Waals surface area contributed by atoms with Crippen molar-refractivity contribution in [1.29, 1.82) is 0 Å². The Morgan fingerprint density at radius 2 is 2.00 bits per heavy atom. The van der Waals surface area contributed by atoms with Gasteiger partial charge in [-0.15, -0.1) is 0 Å². The van der Waals surface area contributed by atoms with Crippen LogP contribution < -0.4 is 5.73 Å². The highest BCUT2D eigenvalue weighted by molar-refractivity contribution is 6.30. The van der Waals surface area contributed by atoms with E-state index in [4.69, 9.17) is 21.8 Å². The Balaban J connectivity index is 2.11. The highest BCUT2D eigenvalue weighted by atomic mass is 35.5. The van der Waals surface area contributed by atoms with E-state index in [2.05, 4.69) is 24.8 Å². The first kappa shape index (κ1) is 16.1. The number of rotatable bonds is 7. The zero-order valence-corrected chi connectivity index (χ0v) is 13.4. The van der Waals surface area contributed by atoms with E-state index in [9.17, 15) is 0 Å². The monoisotopic (exact) mass is 306 g/mol. The van der Waals surface area contributed by atoms with Gasteiger partial charge in [-0.25, -0.2) is 0 Å². The maximum absolute atomic E-state index is 6.07. The van der Waals surface area contributed by atoms with Crippen LogP contribution in [0.3, 0.4) is 0 Å². The van der Waals surface area contributed by atoms with Crippen LogP contribution in [0.15, 0.2) is 47.1 Å². The van der Waals surface area contributed by atoms with Crippen molar-refractivity contribution in [3.63, 3.8) is 0 Å². The molecule has 0 fully saturated rings. The molecule has 4 heteroatoms. The van der Waals surface area contributed by atoms with Crippen molar-refractivity contribution in [3.05, 3.63) is 59.0 Å². The van der Waals surface area contributed by atoms with Gasteiger partial charge >= 0.3 is 0 Å². The molecule has 3 nitrogen and oxygen atoms in total. The first-order valence-corrected chi connectivity index (χ1v) is 7.55. The SMILES string of the molecule is CC(C)(CN)CN(Cc1cccc(Cl)c1)Cc1ccco1. The Bertz CT molecular complexity index is 552. The van der Waals surface area contributed by atoms with Crippen molar-refractivity contribution in [3.8, 4) is 0 Å². The minimum absolute atomic E-state index is 0.0607. The van der Waals surface area contributed by atoms with Crippen molar-refractivity contribution in [2.45, 2.75) is 26.9 Å². The van der Waals surface area contributed by atoms with E-state index in [-0.39, 0.29) is 5.41 Å². The Labute approximate surface area is 131 Å². The van der Waals surface area contributed by atoms with Gasteiger partial charge in [0.25, 0.3) is 0 Å². The molecule has 0 unspecified atom stereocenters. The summed E-state index contributed by atoms with van der Waals surface area (Å²) in [7, 11) is 0. The second-order valence-corrected chi connectivity index (χ2v) is 6.66. The third kappa shape index (κ3) is 5.20. The van der Waals surface area contributed by atoms with Crippen LogP contribution in [-0.4, -0.2) is 18.0 Å². The molecule has 0 radical (unpaired) electrons.